The Morgan fingerprint density at radius 3 is 2.36 bits per heavy atom. The number of nitrogens with zero attached hydrogens (tertiary/aromatic N) is 1. The van der Waals surface area contributed by atoms with Gasteiger partial charge in [-0.2, -0.15) is 0 Å². The number of rotatable bonds is 9. The highest BCUT2D eigenvalue weighted by Crippen LogP contribution is 2.48. The number of aromatic nitrogens is 2. The highest BCUT2D eigenvalue weighted by atomic mass is 31.2. The van der Waals surface area contributed by atoms with Crippen molar-refractivity contribution in [2.24, 2.45) is 0 Å². The van der Waals surface area contributed by atoms with Gasteiger partial charge >= 0.3 is 13.3 Å². The quantitative estimate of drug-likeness (QED) is 0.533. The summed E-state index contributed by atoms with van der Waals surface area (Å²) < 4.78 is 33.9. The van der Waals surface area contributed by atoms with Crippen LogP contribution in [0.2, 0.25) is 0 Å². The third-order valence-corrected chi connectivity index (χ3v) is 4.37. The normalized spacial score (nSPS) is 13.3. The second-order valence-corrected chi connectivity index (χ2v) is 6.26. The highest BCUT2D eigenvalue weighted by Gasteiger charge is 2.27. The minimum Gasteiger partial charge on any atom is -0.338 e. The lowest BCUT2D eigenvalue weighted by Crippen LogP contribution is -2.35. The van der Waals surface area contributed by atoms with Gasteiger partial charge in [-0.05, 0) is 20.8 Å². The molecule has 0 saturated heterocycles. The first-order chi connectivity index (χ1) is 10.4. The molecule has 126 valence electrons. The smallest absolute Gasteiger partial charge is 0.338 e. The fourth-order valence-electron chi connectivity index (χ4n) is 1.66. The van der Waals surface area contributed by atoms with Gasteiger partial charge in [0, 0.05) is 18.9 Å². The van der Waals surface area contributed by atoms with Crippen LogP contribution in [-0.2, 0) is 23.1 Å². The maximum absolute atomic E-state index is 12.3. The monoisotopic (exact) mass is 336 g/mol. The van der Waals surface area contributed by atoms with Gasteiger partial charge in [0.2, 0.25) is 6.41 Å². The Balaban J connectivity index is 2.94. The van der Waals surface area contributed by atoms with Gasteiger partial charge in [-0.1, -0.05) is 0 Å². The summed E-state index contributed by atoms with van der Waals surface area (Å²) in [5, 5.41) is 0. The molecule has 0 fully saturated rings. The van der Waals surface area contributed by atoms with Crippen molar-refractivity contribution in [2.75, 3.05) is 26.7 Å². The molecule has 1 heterocycles. The molecule has 0 amide bonds. The molecule has 1 unspecified atom stereocenters. The Kier molecular flexibility index (Phi) is 7.18. The van der Waals surface area contributed by atoms with Crippen LogP contribution in [-0.4, -0.2) is 36.2 Å². The molecule has 1 rings (SSSR count). The van der Waals surface area contributed by atoms with Gasteiger partial charge in [0.1, 0.15) is 0 Å². The number of aromatic amines is 1. The van der Waals surface area contributed by atoms with E-state index in [4.69, 9.17) is 18.5 Å². The molecule has 0 aliphatic carbocycles. The summed E-state index contributed by atoms with van der Waals surface area (Å²) in [6.45, 7) is 5.27. The van der Waals surface area contributed by atoms with Crippen LogP contribution in [0.15, 0.2) is 15.8 Å². The number of H-pyrrole nitrogens is 1. The van der Waals surface area contributed by atoms with Crippen LogP contribution in [0.4, 0.5) is 0 Å². The summed E-state index contributed by atoms with van der Waals surface area (Å²) in [6.07, 6.45) is -0.267. The first kappa shape index (κ1) is 18.8. The van der Waals surface area contributed by atoms with Crippen LogP contribution in [0.25, 0.3) is 0 Å². The van der Waals surface area contributed by atoms with Crippen LogP contribution in [0.3, 0.4) is 0 Å². The third kappa shape index (κ3) is 4.89. The van der Waals surface area contributed by atoms with E-state index < -0.39 is 31.6 Å². The minimum absolute atomic E-state index is 0.190. The Labute approximate surface area is 127 Å². The van der Waals surface area contributed by atoms with E-state index in [-0.39, 0.29) is 13.2 Å². The lowest BCUT2D eigenvalue weighted by Gasteiger charge is -2.22. The molecule has 0 saturated carbocycles. The molecule has 1 atom stereocenters. The summed E-state index contributed by atoms with van der Waals surface area (Å²) in [5.41, 5.74) is -0.890. The van der Waals surface area contributed by atoms with Crippen LogP contribution in [0.1, 0.15) is 25.8 Å². The van der Waals surface area contributed by atoms with E-state index in [1.54, 1.807) is 13.8 Å². The average Bonchev–Trinajstić information content (AvgIpc) is 2.45. The number of methoxy groups -OCH3 is 1. The van der Waals surface area contributed by atoms with Crippen LogP contribution >= 0.6 is 7.60 Å². The first-order valence-corrected chi connectivity index (χ1v) is 8.44. The van der Waals surface area contributed by atoms with Crippen molar-refractivity contribution in [3.05, 3.63) is 32.6 Å². The van der Waals surface area contributed by atoms with Crippen molar-refractivity contribution in [1.82, 2.24) is 9.55 Å². The van der Waals surface area contributed by atoms with Gasteiger partial charge in [0.25, 0.3) is 5.56 Å². The largest absolute Gasteiger partial charge is 0.356 e. The first-order valence-electron chi connectivity index (χ1n) is 6.71. The Morgan fingerprint density at radius 2 is 1.86 bits per heavy atom. The molecule has 9 nitrogen and oxygen atoms in total. The molecule has 10 heteroatoms. The van der Waals surface area contributed by atoms with Crippen molar-refractivity contribution >= 4 is 7.60 Å². The average molecular weight is 336 g/mol. The summed E-state index contributed by atoms with van der Waals surface area (Å²) in [4.78, 5) is 25.3. The van der Waals surface area contributed by atoms with Gasteiger partial charge in [-0.15, -0.1) is 0 Å². The Morgan fingerprint density at radius 1 is 1.27 bits per heavy atom. The maximum atomic E-state index is 12.3. The fraction of sp³-hybridized carbons (Fsp3) is 0.667. The lowest BCUT2D eigenvalue weighted by molar-refractivity contribution is -0.168. The zero-order valence-electron chi connectivity index (χ0n) is 13.0. The molecule has 0 aliphatic heterocycles. The van der Waals surface area contributed by atoms with Gasteiger partial charge < -0.3 is 18.5 Å². The molecule has 1 N–H and O–H groups in total. The number of hydrogen-bond acceptors (Lipinski definition) is 7. The summed E-state index contributed by atoms with van der Waals surface area (Å²) >= 11 is 0. The van der Waals surface area contributed by atoms with E-state index in [1.165, 1.54) is 20.2 Å². The predicted molar refractivity (Wildman–Crippen MR) is 78.9 cm³/mol. The van der Waals surface area contributed by atoms with Gasteiger partial charge in [0.05, 0.1) is 13.2 Å². The van der Waals surface area contributed by atoms with Crippen molar-refractivity contribution in [2.45, 2.75) is 27.2 Å². The number of aryl methyl sites for hydroxylation is 1. The van der Waals surface area contributed by atoms with Crippen LogP contribution < -0.4 is 11.2 Å². The van der Waals surface area contributed by atoms with E-state index in [0.717, 1.165) is 4.57 Å². The molecular formula is C12H21N2O7P. The van der Waals surface area contributed by atoms with E-state index >= 15 is 0 Å². The topological polar surface area (TPSA) is 109 Å². The zero-order chi connectivity index (χ0) is 16.8. The summed E-state index contributed by atoms with van der Waals surface area (Å²) in [5.74, 6) is 0. The van der Waals surface area contributed by atoms with Crippen molar-refractivity contribution < 1.29 is 23.1 Å². The van der Waals surface area contributed by atoms with Gasteiger partial charge in [0.15, 0.2) is 6.35 Å². The molecular weight excluding hydrogens is 315 g/mol. The molecule has 1 aromatic rings. The molecule has 0 aromatic carbocycles. The van der Waals surface area contributed by atoms with Crippen LogP contribution in [0, 0.1) is 6.92 Å². The van der Waals surface area contributed by atoms with E-state index in [2.05, 4.69) is 4.98 Å². The van der Waals surface area contributed by atoms with Gasteiger partial charge in [-0.3, -0.25) is 14.3 Å². The van der Waals surface area contributed by atoms with E-state index in [1.807, 2.05) is 0 Å². The third-order valence-electron chi connectivity index (χ3n) is 2.60. The van der Waals surface area contributed by atoms with Crippen molar-refractivity contribution in [3.63, 3.8) is 0 Å². The van der Waals surface area contributed by atoms with Crippen LogP contribution in [0.5, 0.6) is 0 Å². The van der Waals surface area contributed by atoms with E-state index in [9.17, 15) is 14.2 Å². The predicted octanol–water partition coefficient (Wildman–Crippen LogP) is 1.19. The standard InChI is InChI=1S/C12H21N2O7P/c1-5-20-22(17,21-6-2)8-19-12(18-4)14-7-9(3)10(15)13-11(14)16/h7,12H,5-6,8H2,1-4H3,(H,13,15,16). The Hall–Kier alpha value is -1.25. The second kappa shape index (κ2) is 8.40. The number of hydrogen-bond donors (Lipinski definition) is 1. The number of ether oxygens (including phenoxy) is 2. The minimum atomic E-state index is -3.43. The molecule has 22 heavy (non-hydrogen) atoms. The molecule has 0 spiro atoms. The molecule has 0 radical (unpaired) electrons. The molecule has 0 bridgehead atoms. The molecule has 0 aliphatic rings. The maximum Gasteiger partial charge on any atom is 0.356 e. The van der Waals surface area contributed by atoms with Crippen molar-refractivity contribution in [3.8, 4) is 0 Å². The van der Waals surface area contributed by atoms with E-state index in [0.29, 0.717) is 5.56 Å². The Bertz CT molecular complexity index is 629. The SMILES string of the molecule is CCOP(=O)(COC(OC)n1cc(C)c(=O)[nH]c1=O)OCC. The fourth-order valence-corrected chi connectivity index (χ4v) is 2.99. The second-order valence-electron chi connectivity index (χ2n) is 4.26. The molecule has 1 aromatic heterocycles. The van der Waals surface area contributed by atoms with Crippen molar-refractivity contribution in [1.29, 1.82) is 0 Å². The highest BCUT2D eigenvalue weighted by molar-refractivity contribution is 7.53. The number of nitrogens with one attached hydrogen (secondary N) is 1. The van der Waals surface area contributed by atoms with Gasteiger partial charge in [-0.25, -0.2) is 9.36 Å². The lowest BCUT2D eigenvalue weighted by atomic mass is 10.4. The zero-order valence-corrected chi connectivity index (χ0v) is 13.9. The summed E-state index contributed by atoms with van der Waals surface area (Å²) in [7, 11) is -2.12. The summed E-state index contributed by atoms with van der Waals surface area (Å²) in [6, 6.07) is 0.